The molecule has 0 bridgehead atoms. The molecular formula is C25H20ClN5O6. The highest BCUT2D eigenvalue weighted by molar-refractivity contribution is 6.30. The summed E-state index contributed by atoms with van der Waals surface area (Å²) in [6, 6.07) is 14.3. The van der Waals surface area contributed by atoms with E-state index in [4.69, 9.17) is 16.1 Å². The maximum absolute atomic E-state index is 13.0. The van der Waals surface area contributed by atoms with Gasteiger partial charge in [-0.3, -0.25) is 28.4 Å². The van der Waals surface area contributed by atoms with E-state index in [1.54, 1.807) is 48.5 Å². The quantitative estimate of drug-likeness (QED) is 0.362. The zero-order chi connectivity index (χ0) is 26.3. The van der Waals surface area contributed by atoms with Gasteiger partial charge in [-0.1, -0.05) is 41.0 Å². The first-order chi connectivity index (χ1) is 17.7. The molecule has 188 valence electrons. The average molecular weight is 522 g/mol. The summed E-state index contributed by atoms with van der Waals surface area (Å²) < 4.78 is 7.27. The van der Waals surface area contributed by atoms with Crippen LogP contribution in [0.4, 0.5) is 0 Å². The number of benzene rings is 2. The Balaban J connectivity index is 1.33. The summed E-state index contributed by atoms with van der Waals surface area (Å²) in [5.74, 6) is -0.775. The molecule has 1 atom stereocenters. The van der Waals surface area contributed by atoms with Crippen molar-refractivity contribution in [3.63, 3.8) is 0 Å². The number of amides is 2. The van der Waals surface area contributed by atoms with E-state index < -0.39 is 29.2 Å². The summed E-state index contributed by atoms with van der Waals surface area (Å²) >= 11 is 5.87. The van der Waals surface area contributed by atoms with Crippen LogP contribution in [0.15, 0.2) is 68.7 Å². The molecule has 2 amide bonds. The minimum Gasteiger partial charge on any atom is -0.388 e. The third-order valence-corrected chi connectivity index (χ3v) is 6.39. The van der Waals surface area contributed by atoms with Gasteiger partial charge in [-0.2, -0.15) is 4.98 Å². The highest BCUT2D eigenvalue weighted by atomic mass is 35.5. The summed E-state index contributed by atoms with van der Waals surface area (Å²) in [4.78, 5) is 56.3. The number of halogens is 1. The molecule has 37 heavy (non-hydrogen) atoms. The topological polar surface area (TPSA) is 141 Å². The Labute approximate surface area is 214 Å². The summed E-state index contributed by atoms with van der Waals surface area (Å²) in [5, 5.41) is 14.8. The first-order valence-corrected chi connectivity index (χ1v) is 11.6. The summed E-state index contributed by atoms with van der Waals surface area (Å²) in [6.07, 6.45) is -0.850. The average Bonchev–Trinajstić information content (AvgIpc) is 3.43. The lowest BCUT2D eigenvalue weighted by atomic mass is 10.1. The van der Waals surface area contributed by atoms with Gasteiger partial charge in [-0.15, -0.1) is 0 Å². The van der Waals surface area contributed by atoms with Crippen LogP contribution in [0.1, 0.15) is 49.8 Å². The fourth-order valence-corrected chi connectivity index (χ4v) is 4.23. The van der Waals surface area contributed by atoms with Crippen LogP contribution < -0.4 is 11.2 Å². The van der Waals surface area contributed by atoms with Gasteiger partial charge in [-0.25, -0.2) is 4.79 Å². The summed E-state index contributed by atoms with van der Waals surface area (Å²) in [7, 11) is 1.44. The van der Waals surface area contributed by atoms with Crippen LogP contribution in [0.5, 0.6) is 0 Å². The maximum atomic E-state index is 13.0. The van der Waals surface area contributed by atoms with Crippen LogP contribution in [-0.2, 0) is 26.6 Å². The Morgan fingerprint density at radius 2 is 1.62 bits per heavy atom. The van der Waals surface area contributed by atoms with E-state index in [1.165, 1.54) is 17.7 Å². The monoisotopic (exact) mass is 521 g/mol. The molecule has 1 aliphatic heterocycles. The van der Waals surface area contributed by atoms with Crippen LogP contribution in [-0.4, -0.2) is 41.1 Å². The number of aromatic nitrogens is 4. The van der Waals surface area contributed by atoms with Crippen molar-refractivity contribution in [2.45, 2.75) is 25.6 Å². The lowest BCUT2D eigenvalue weighted by Crippen LogP contribution is -2.42. The van der Waals surface area contributed by atoms with Crippen molar-refractivity contribution in [3.8, 4) is 0 Å². The van der Waals surface area contributed by atoms with Crippen molar-refractivity contribution in [2.75, 3.05) is 0 Å². The maximum Gasteiger partial charge on any atom is 0.331 e. The fourth-order valence-electron chi connectivity index (χ4n) is 4.11. The van der Waals surface area contributed by atoms with E-state index in [0.29, 0.717) is 10.6 Å². The lowest BCUT2D eigenvalue weighted by Gasteiger charge is -2.17. The molecular weight excluding hydrogens is 502 g/mol. The van der Waals surface area contributed by atoms with Crippen molar-refractivity contribution in [2.24, 2.45) is 7.05 Å². The third-order valence-electron chi connectivity index (χ3n) is 6.14. The second-order valence-electron chi connectivity index (χ2n) is 8.52. The molecule has 0 radical (unpaired) electrons. The van der Waals surface area contributed by atoms with Crippen molar-refractivity contribution in [1.29, 1.82) is 0 Å². The van der Waals surface area contributed by atoms with Crippen LogP contribution in [0.2, 0.25) is 5.02 Å². The number of aliphatic hydroxyl groups excluding tert-OH is 1. The van der Waals surface area contributed by atoms with Gasteiger partial charge in [0, 0.05) is 30.3 Å². The van der Waals surface area contributed by atoms with E-state index in [2.05, 4.69) is 10.1 Å². The molecule has 0 saturated heterocycles. The largest absolute Gasteiger partial charge is 0.388 e. The van der Waals surface area contributed by atoms with E-state index in [-0.39, 0.29) is 48.0 Å². The molecule has 1 aliphatic rings. The molecule has 3 heterocycles. The zero-order valence-electron chi connectivity index (χ0n) is 19.5. The molecule has 4 aromatic rings. The molecule has 0 aliphatic carbocycles. The Morgan fingerprint density at radius 1 is 0.973 bits per heavy atom. The SMILES string of the molecule is Cn1c(CN2C(=O)c3ccccc3C2=O)cc(=O)n(Cc2nc(C[C@H](O)c3ccc(Cl)cc3)no2)c1=O. The van der Waals surface area contributed by atoms with Gasteiger partial charge in [0.25, 0.3) is 17.4 Å². The molecule has 0 fully saturated rings. The zero-order valence-corrected chi connectivity index (χ0v) is 20.3. The van der Waals surface area contributed by atoms with Crippen LogP contribution >= 0.6 is 11.6 Å². The van der Waals surface area contributed by atoms with Crippen LogP contribution in [0, 0.1) is 0 Å². The van der Waals surface area contributed by atoms with Gasteiger partial charge in [-0.05, 0) is 29.8 Å². The van der Waals surface area contributed by atoms with Crippen LogP contribution in [0.25, 0.3) is 0 Å². The Bertz CT molecular complexity index is 1600. The second kappa shape index (κ2) is 9.60. The highest BCUT2D eigenvalue weighted by Gasteiger charge is 2.35. The molecule has 1 N–H and O–H groups in total. The number of carbonyl (C=O) groups excluding carboxylic acids is 2. The number of rotatable bonds is 7. The standard InChI is InChI=1S/C25H20ClN5O6/c1-29-16(12-31-23(34)17-4-2-3-5-18(17)24(31)35)10-22(33)30(25(29)36)13-21-27-20(28-37-21)11-19(32)14-6-8-15(26)9-7-14/h2-10,19,32H,11-13H2,1H3/t19-/m0/s1. The Kier molecular flexibility index (Phi) is 6.32. The van der Waals surface area contributed by atoms with Crippen molar-refractivity contribution in [3.05, 3.63) is 115 Å². The normalized spacial score (nSPS) is 13.8. The minimum atomic E-state index is -0.903. The third kappa shape index (κ3) is 4.61. The minimum absolute atomic E-state index is 0.00519. The van der Waals surface area contributed by atoms with Gasteiger partial charge < -0.3 is 9.63 Å². The number of hydrogen-bond acceptors (Lipinski definition) is 8. The van der Waals surface area contributed by atoms with Gasteiger partial charge in [0.15, 0.2) is 5.82 Å². The lowest BCUT2D eigenvalue weighted by molar-refractivity contribution is 0.0638. The Morgan fingerprint density at radius 3 is 2.27 bits per heavy atom. The number of nitrogens with zero attached hydrogens (tertiary/aromatic N) is 5. The Hall–Kier alpha value is -4.35. The highest BCUT2D eigenvalue weighted by Crippen LogP contribution is 2.24. The van der Waals surface area contributed by atoms with Crippen molar-refractivity contribution >= 4 is 23.4 Å². The number of imide groups is 1. The number of aliphatic hydroxyl groups is 1. The van der Waals surface area contributed by atoms with Gasteiger partial charge in [0.2, 0.25) is 5.89 Å². The molecule has 0 spiro atoms. The second-order valence-corrected chi connectivity index (χ2v) is 8.96. The van der Waals surface area contributed by atoms with E-state index in [0.717, 1.165) is 9.47 Å². The smallest absolute Gasteiger partial charge is 0.331 e. The first-order valence-electron chi connectivity index (χ1n) is 11.2. The summed E-state index contributed by atoms with van der Waals surface area (Å²) in [5.41, 5.74) is 0.0294. The van der Waals surface area contributed by atoms with E-state index in [9.17, 15) is 24.3 Å². The van der Waals surface area contributed by atoms with Gasteiger partial charge in [0.05, 0.1) is 23.8 Å². The van der Waals surface area contributed by atoms with Crippen molar-refractivity contribution < 1.29 is 19.2 Å². The molecule has 2 aromatic heterocycles. The van der Waals surface area contributed by atoms with Gasteiger partial charge in [0.1, 0.15) is 6.54 Å². The van der Waals surface area contributed by atoms with Gasteiger partial charge >= 0.3 is 5.69 Å². The number of fused-ring (bicyclic) bond motifs is 1. The predicted octanol–water partition coefficient (Wildman–Crippen LogP) is 1.70. The molecule has 12 heteroatoms. The molecule has 0 saturated carbocycles. The molecule has 0 unspecified atom stereocenters. The van der Waals surface area contributed by atoms with E-state index in [1.807, 2.05) is 0 Å². The molecule has 5 rings (SSSR count). The fraction of sp³-hybridized carbons (Fsp3) is 0.200. The molecule has 11 nitrogen and oxygen atoms in total. The number of carbonyl (C=O) groups is 2. The number of hydrogen-bond donors (Lipinski definition) is 1. The molecule has 2 aromatic carbocycles. The predicted molar refractivity (Wildman–Crippen MR) is 130 cm³/mol. The summed E-state index contributed by atoms with van der Waals surface area (Å²) in [6.45, 7) is -0.524. The first kappa shape index (κ1) is 24.3. The van der Waals surface area contributed by atoms with Crippen molar-refractivity contribution in [1.82, 2.24) is 24.2 Å². The van der Waals surface area contributed by atoms with Crippen LogP contribution in [0.3, 0.4) is 0 Å². The van der Waals surface area contributed by atoms with E-state index >= 15 is 0 Å².